The molecule has 0 spiro atoms. The number of hydrogen-bond donors (Lipinski definition) is 0. The number of morpholine rings is 1. The number of rotatable bonds is 4. The van der Waals surface area contributed by atoms with Crippen LogP contribution in [0.2, 0.25) is 0 Å². The van der Waals surface area contributed by atoms with E-state index in [0.717, 1.165) is 30.9 Å². The Balaban J connectivity index is 1.42. The third-order valence-electron chi connectivity index (χ3n) is 4.90. The predicted octanol–water partition coefficient (Wildman–Crippen LogP) is 1.95. The average molecular weight is 340 g/mol. The largest absolute Gasteiger partial charge is 0.375 e. The molecule has 0 aromatic carbocycles. The second-order valence-electron chi connectivity index (χ2n) is 6.82. The normalized spacial score (nSPS) is 24.8. The Morgan fingerprint density at radius 2 is 2.20 bits per heavy atom. The highest BCUT2D eigenvalue weighted by atomic mass is 16.5. The highest BCUT2D eigenvalue weighted by Crippen LogP contribution is 2.39. The monoisotopic (exact) mass is 340 g/mol. The first-order valence-corrected chi connectivity index (χ1v) is 8.76. The van der Waals surface area contributed by atoms with Gasteiger partial charge in [-0.3, -0.25) is 9.30 Å². The molecule has 2 atom stereocenters. The molecule has 1 saturated carbocycles. The quantitative estimate of drug-likeness (QED) is 0.718. The maximum absolute atomic E-state index is 5.85. The number of aromatic nitrogens is 5. The van der Waals surface area contributed by atoms with Crippen molar-refractivity contribution in [3.8, 4) is 0 Å². The number of fused-ring (bicyclic) bond motifs is 1. The van der Waals surface area contributed by atoms with E-state index in [0.29, 0.717) is 30.7 Å². The minimum Gasteiger partial charge on any atom is -0.375 e. The summed E-state index contributed by atoms with van der Waals surface area (Å²) in [6.45, 7) is 4.25. The molecule has 0 bridgehead atoms. The molecule has 3 aromatic heterocycles. The second kappa shape index (κ2) is 5.89. The van der Waals surface area contributed by atoms with Crippen LogP contribution >= 0.6 is 0 Å². The SMILES string of the molecule is C[C@H]1OCCN(Cc2cn3cccnc3n2)[C@@H]1c1nc(C2CC2)no1. The van der Waals surface area contributed by atoms with E-state index in [1.54, 1.807) is 6.20 Å². The number of hydrogen-bond acceptors (Lipinski definition) is 7. The van der Waals surface area contributed by atoms with Crippen LogP contribution < -0.4 is 0 Å². The van der Waals surface area contributed by atoms with Crippen molar-refractivity contribution in [2.45, 2.75) is 44.4 Å². The Labute approximate surface area is 144 Å². The van der Waals surface area contributed by atoms with Gasteiger partial charge < -0.3 is 9.26 Å². The minimum absolute atomic E-state index is 0.00332. The summed E-state index contributed by atoms with van der Waals surface area (Å²) in [5, 5.41) is 4.17. The van der Waals surface area contributed by atoms with E-state index in [9.17, 15) is 0 Å². The van der Waals surface area contributed by atoms with Gasteiger partial charge in [-0.05, 0) is 25.8 Å². The number of imidazole rings is 1. The first-order chi connectivity index (χ1) is 12.3. The van der Waals surface area contributed by atoms with Crippen LogP contribution in [0.15, 0.2) is 29.2 Å². The van der Waals surface area contributed by atoms with Crippen LogP contribution in [0.1, 0.15) is 49.1 Å². The molecule has 8 nitrogen and oxygen atoms in total. The summed E-state index contributed by atoms with van der Waals surface area (Å²) >= 11 is 0. The van der Waals surface area contributed by atoms with Crippen molar-refractivity contribution < 1.29 is 9.26 Å². The van der Waals surface area contributed by atoms with Crippen LogP contribution in [-0.2, 0) is 11.3 Å². The van der Waals surface area contributed by atoms with E-state index in [-0.39, 0.29) is 12.1 Å². The zero-order chi connectivity index (χ0) is 16.8. The maximum Gasteiger partial charge on any atom is 0.246 e. The molecule has 1 aliphatic heterocycles. The second-order valence-corrected chi connectivity index (χ2v) is 6.82. The van der Waals surface area contributed by atoms with E-state index < -0.39 is 0 Å². The highest BCUT2D eigenvalue weighted by molar-refractivity contribution is 5.29. The first-order valence-electron chi connectivity index (χ1n) is 8.76. The number of ether oxygens (including phenoxy) is 1. The van der Waals surface area contributed by atoms with Gasteiger partial charge in [-0.25, -0.2) is 9.97 Å². The lowest BCUT2D eigenvalue weighted by atomic mass is 10.1. The molecule has 0 N–H and O–H groups in total. The molecular weight excluding hydrogens is 320 g/mol. The van der Waals surface area contributed by atoms with Crippen molar-refractivity contribution in [1.29, 1.82) is 0 Å². The van der Waals surface area contributed by atoms with Gasteiger partial charge >= 0.3 is 0 Å². The lowest BCUT2D eigenvalue weighted by Gasteiger charge is -2.37. The Morgan fingerprint density at radius 1 is 1.28 bits per heavy atom. The minimum atomic E-state index is -0.0495. The third kappa shape index (κ3) is 2.81. The summed E-state index contributed by atoms with van der Waals surface area (Å²) in [5.74, 6) is 2.68. The molecule has 1 saturated heterocycles. The Morgan fingerprint density at radius 3 is 3.04 bits per heavy atom. The fourth-order valence-electron chi connectivity index (χ4n) is 3.46. The lowest BCUT2D eigenvalue weighted by Crippen LogP contribution is -2.43. The van der Waals surface area contributed by atoms with E-state index in [2.05, 4.69) is 31.9 Å². The van der Waals surface area contributed by atoms with Crippen LogP contribution in [0.4, 0.5) is 0 Å². The van der Waals surface area contributed by atoms with Crippen molar-refractivity contribution in [3.63, 3.8) is 0 Å². The predicted molar refractivity (Wildman–Crippen MR) is 87.8 cm³/mol. The molecule has 0 amide bonds. The highest BCUT2D eigenvalue weighted by Gasteiger charge is 2.37. The summed E-state index contributed by atoms with van der Waals surface area (Å²) in [5.41, 5.74) is 0.972. The van der Waals surface area contributed by atoms with Crippen LogP contribution in [0.5, 0.6) is 0 Å². The van der Waals surface area contributed by atoms with Crippen LogP contribution in [0, 0.1) is 0 Å². The van der Waals surface area contributed by atoms with E-state index in [1.165, 1.54) is 0 Å². The fraction of sp³-hybridized carbons (Fsp3) is 0.529. The summed E-state index contributed by atoms with van der Waals surface area (Å²) < 4.78 is 13.4. The van der Waals surface area contributed by atoms with E-state index in [1.807, 2.05) is 22.9 Å². The molecular formula is C17H20N6O2. The Hall–Kier alpha value is -2.32. The van der Waals surface area contributed by atoms with Crippen molar-refractivity contribution in [3.05, 3.63) is 42.1 Å². The Kier molecular flexibility index (Phi) is 3.53. The molecule has 5 rings (SSSR count). The molecule has 1 aliphatic carbocycles. The average Bonchev–Trinajstić information content (AvgIpc) is 3.20. The van der Waals surface area contributed by atoms with Gasteiger partial charge in [0.15, 0.2) is 5.82 Å². The van der Waals surface area contributed by atoms with Crippen molar-refractivity contribution in [1.82, 2.24) is 29.4 Å². The van der Waals surface area contributed by atoms with Crippen LogP contribution in [0.3, 0.4) is 0 Å². The summed E-state index contributed by atoms with van der Waals surface area (Å²) in [6, 6.07) is 1.85. The summed E-state index contributed by atoms with van der Waals surface area (Å²) in [4.78, 5) is 15.8. The first kappa shape index (κ1) is 15.0. The van der Waals surface area contributed by atoms with Crippen molar-refractivity contribution >= 4 is 5.78 Å². The van der Waals surface area contributed by atoms with Crippen molar-refractivity contribution in [2.75, 3.05) is 13.2 Å². The zero-order valence-electron chi connectivity index (χ0n) is 14.1. The topological polar surface area (TPSA) is 81.6 Å². The molecule has 4 heterocycles. The van der Waals surface area contributed by atoms with E-state index in [4.69, 9.17) is 9.26 Å². The summed E-state index contributed by atoms with van der Waals surface area (Å²) in [6.07, 6.45) is 8.04. The van der Waals surface area contributed by atoms with Gasteiger partial charge in [-0.1, -0.05) is 5.16 Å². The van der Waals surface area contributed by atoms with Gasteiger partial charge in [0.25, 0.3) is 0 Å². The zero-order valence-corrected chi connectivity index (χ0v) is 14.1. The molecule has 130 valence electrons. The van der Waals surface area contributed by atoms with Crippen molar-refractivity contribution in [2.24, 2.45) is 0 Å². The fourth-order valence-corrected chi connectivity index (χ4v) is 3.46. The van der Waals surface area contributed by atoms with Gasteiger partial charge in [-0.15, -0.1) is 0 Å². The van der Waals surface area contributed by atoms with E-state index >= 15 is 0 Å². The standard InChI is InChI=1S/C17H20N6O2/c1-11-14(16-20-15(21-25-16)12-3-4-12)22(7-8-24-11)9-13-10-23-6-2-5-18-17(23)19-13/h2,5-6,10-12,14H,3-4,7-9H2,1H3/t11-,14+/m1/s1. The molecule has 2 aliphatic rings. The molecule has 25 heavy (non-hydrogen) atoms. The molecule has 2 fully saturated rings. The van der Waals surface area contributed by atoms with Crippen LogP contribution in [0.25, 0.3) is 5.78 Å². The molecule has 0 unspecified atom stereocenters. The molecule has 3 aromatic rings. The Bertz CT molecular complexity index is 853. The van der Waals surface area contributed by atoms with Gasteiger partial charge in [-0.2, -0.15) is 4.98 Å². The van der Waals surface area contributed by atoms with Gasteiger partial charge in [0, 0.05) is 37.6 Å². The van der Waals surface area contributed by atoms with Gasteiger partial charge in [0.1, 0.15) is 6.04 Å². The lowest BCUT2D eigenvalue weighted by molar-refractivity contribution is -0.0766. The molecule has 8 heteroatoms. The summed E-state index contributed by atoms with van der Waals surface area (Å²) in [7, 11) is 0. The van der Waals surface area contributed by atoms with Crippen LogP contribution in [-0.4, -0.2) is 48.7 Å². The van der Waals surface area contributed by atoms with Gasteiger partial charge in [0.05, 0.1) is 18.4 Å². The van der Waals surface area contributed by atoms with Gasteiger partial charge in [0.2, 0.25) is 11.7 Å². The third-order valence-corrected chi connectivity index (χ3v) is 4.90. The maximum atomic E-state index is 5.85. The molecule has 0 radical (unpaired) electrons. The number of nitrogens with zero attached hydrogens (tertiary/aromatic N) is 6. The smallest absolute Gasteiger partial charge is 0.246 e.